The summed E-state index contributed by atoms with van der Waals surface area (Å²) in [7, 11) is -1.79. The Kier molecular flexibility index (Phi) is 6.74. The summed E-state index contributed by atoms with van der Waals surface area (Å²) in [6.45, 7) is 1.50. The van der Waals surface area contributed by atoms with Gasteiger partial charge in [-0.25, -0.2) is 17.9 Å². The fourth-order valence-electron chi connectivity index (χ4n) is 4.39. The summed E-state index contributed by atoms with van der Waals surface area (Å²) in [5.74, 6) is 0.257. The first-order valence-corrected chi connectivity index (χ1v) is 12.5. The average Bonchev–Trinajstić information content (AvgIpc) is 3.47. The average molecular weight is 524 g/mol. The van der Waals surface area contributed by atoms with Gasteiger partial charge in [0.25, 0.3) is 0 Å². The van der Waals surface area contributed by atoms with E-state index >= 15 is 0 Å². The zero-order valence-corrected chi connectivity index (χ0v) is 20.5. The van der Waals surface area contributed by atoms with Gasteiger partial charge in [0.2, 0.25) is 0 Å². The third-order valence-electron chi connectivity index (χ3n) is 6.08. The van der Waals surface area contributed by atoms with Crippen LogP contribution in [0.5, 0.6) is 5.75 Å². The summed E-state index contributed by atoms with van der Waals surface area (Å²) in [6.07, 6.45) is -5.10. The van der Waals surface area contributed by atoms with E-state index in [0.717, 1.165) is 18.2 Å². The Morgan fingerprint density at radius 2 is 1.81 bits per heavy atom. The molecule has 1 aliphatic heterocycles. The maximum atomic E-state index is 13.6. The summed E-state index contributed by atoms with van der Waals surface area (Å²) in [4.78, 5) is 13.4. The van der Waals surface area contributed by atoms with Gasteiger partial charge < -0.3 is 14.4 Å². The molecule has 8 nitrogen and oxygen atoms in total. The third-order valence-corrected chi connectivity index (χ3v) is 8.27. The molecule has 2 aromatic carbocycles. The minimum Gasteiger partial charge on any atom is -0.497 e. The lowest BCUT2D eigenvalue weighted by molar-refractivity contribution is -0.142. The van der Waals surface area contributed by atoms with Crippen LogP contribution in [0.1, 0.15) is 17.7 Å². The maximum absolute atomic E-state index is 13.6. The Balaban J connectivity index is 1.79. The minimum absolute atomic E-state index is 0.233. The molecule has 0 aliphatic carbocycles. The molecule has 1 saturated heterocycles. The normalized spacial score (nSPS) is 18.3. The van der Waals surface area contributed by atoms with Crippen LogP contribution in [0.15, 0.2) is 59.5 Å². The van der Waals surface area contributed by atoms with Crippen LogP contribution in [-0.4, -0.2) is 56.2 Å². The number of aryl methyl sites for hydroxylation is 1. The first-order chi connectivity index (χ1) is 17.0. The Labute approximate surface area is 206 Å². The van der Waals surface area contributed by atoms with Crippen molar-refractivity contribution in [2.75, 3.05) is 25.7 Å². The van der Waals surface area contributed by atoms with Gasteiger partial charge in [0, 0.05) is 18.7 Å². The third kappa shape index (κ3) is 4.64. The number of benzene rings is 2. The molecular weight excluding hydrogens is 499 g/mol. The van der Waals surface area contributed by atoms with Gasteiger partial charge in [-0.3, -0.25) is 0 Å². The Morgan fingerprint density at radius 1 is 1.08 bits per heavy atom. The number of anilines is 1. The highest BCUT2D eigenvalue weighted by Gasteiger charge is 2.47. The van der Waals surface area contributed by atoms with Crippen molar-refractivity contribution in [3.05, 3.63) is 65.9 Å². The smallest absolute Gasteiger partial charge is 0.417 e. The second kappa shape index (κ2) is 9.49. The van der Waals surface area contributed by atoms with E-state index in [9.17, 15) is 26.4 Å². The van der Waals surface area contributed by atoms with Gasteiger partial charge in [-0.1, -0.05) is 18.2 Å². The van der Waals surface area contributed by atoms with Gasteiger partial charge in [0.05, 0.1) is 41.3 Å². The molecule has 2 atom stereocenters. The van der Waals surface area contributed by atoms with E-state index in [4.69, 9.17) is 9.47 Å². The van der Waals surface area contributed by atoms with E-state index < -0.39 is 43.7 Å². The van der Waals surface area contributed by atoms with Crippen LogP contribution in [0.25, 0.3) is 5.69 Å². The molecule has 0 N–H and O–H groups in total. The molecule has 0 amide bonds. The lowest BCUT2D eigenvalue weighted by Crippen LogP contribution is -2.38. The molecular formula is C24H24F3N3O5S. The molecule has 0 saturated carbocycles. The molecule has 0 bridgehead atoms. The van der Waals surface area contributed by atoms with Gasteiger partial charge >= 0.3 is 12.1 Å². The van der Waals surface area contributed by atoms with Crippen LogP contribution in [-0.2, 0) is 25.5 Å². The molecule has 3 aromatic rings. The van der Waals surface area contributed by atoms with Crippen molar-refractivity contribution in [2.24, 2.45) is 0 Å². The van der Waals surface area contributed by atoms with Crippen LogP contribution >= 0.6 is 0 Å². The lowest BCUT2D eigenvalue weighted by Gasteiger charge is -2.25. The largest absolute Gasteiger partial charge is 0.497 e. The Bertz CT molecular complexity index is 1390. The number of halogens is 3. The molecule has 2 heterocycles. The SMILES string of the molecule is COC(=O)[C@H]1C[C@@H](S(=O)(=O)c2ccccc2C(F)(F)F)CN1c1cc(C)nn1-c1cccc(OC)c1. The topological polar surface area (TPSA) is 90.7 Å². The first kappa shape index (κ1) is 25.5. The summed E-state index contributed by atoms with van der Waals surface area (Å²) in [5, 5.41) is 3.19. The number of hydrogen-bond donors (Lipinski definition) is 0. The van der Waals surface area contributed by atoms with Crippen molar-refractivity contribution >= 4 is 21.6 Å². The van der Waals surface area contributed by atoms with Crippen molar-refractivity contribution in [1.82, 2.24) is 9.78 Å². The second-order valence-electron chi connectivity index (χ2n) is 8.35. The van der Waals surface area contributed by atoms with E-state index in [2.05, 4.69) is 5.10 Å². The fourth-order valence-corrected chi connectivity index (χ4v) is 6.30. The maximum Gasteiger partial charge on any atom is 0.417 e. The molecule has 1 aliphatic rings. The molecule has 4 rings (SSSR count). The predicted molar refractivity (Wildman–Crippen MR) is 125 cm³/mol. The molecule has 12 heteroatoms. The number of esters is 1. The molecule has 0 unspecified atom stereocenters. The zero-order chi connectivity index (χ0) is 26.3. The van der Waals surface area contributed by atoms with E-state index in [1.165, 1.54) is 29.9 Å². The summed E-state index contributed by atoms with van der Waals surface area (Å²) >= 11 is 0. The highest BCUT2D eigenvalue weighted by Crippen LogP contribution is 2.39. The number of carbonyl (C=O) groups excluding carboxylic acids is 1. The van der Waals surface area contributed by atoms with Crippen LogP contribution < -0.4 is 9.64 Å². The quantitative estimate of drug-likeness (QED) is 0.454. The van der Waals surface area contributed by atoms with Crippen LogP contribution in [0.4, 0.5) is 19.0 Å². The van der Waals surface area contributed by atoms with Crippen molar-refractivity contribution < 1.29 is 35.9 Å². The van der Waals surface area contributed by atoms with E-state index in [-0.39, 0.29) is 13.0 Å². The lowest BCUT2D eigenvalue weighted by atomic mass is 10.2. The number of methoxy groups -OCH3 is 2. The minimum atomic E-state index is -4.86. The van der Waals surface area contributed by atoms with Crippen molar-refractivity contribution in [1.29, 1.82) is 0 Å². The van der Waals surface area contributed by atoms with Gasteiger partial charge in [-0.05, 0) is 37.6 Å². The van der Waals surface area contributed by atoms with Crippen LogP contribution in [0, 0.1) is 6.92 Å². The highest BCUT2D eigenvalue weighted by molar-refractivity contribution is 7.92. The number of sulfone groups is 1. The summed E-state index contributed by atoms with van der Waals surface area (Å²) < 4.78 is 79.4. The van der Waals surface area contributed by atoms with Gasteiger partial charge in [0.1, 0.15) is 17.6 Å². The van der Waals surface area contributed by atoms with Crippen molar-refractivity contribution in [2.45, 2.75) is 35.7 Å². The van der Waals surface area contributed by atoms with Crippen LogP contribution in [0.2, 0.25) is 0 Å². The summed E-state index contributed by atoms with van der Waals surface area (Å²) in [6, 6.07) is 11.6. The van der Waals surface area contributed by atoms with Crippen LogP contribution in [0.3, 0.4) is 0 Å². The number of hydrogen-bond acceptors (Lipinski definition) is 7. The number of carbonyl (C=O) groups is 1. The second-order valence-corrected chi connectivity index (χ2v) is 10.5. The van der Waals surface area contributed by atoms with E-state index in [0.29, 0.717) is 22.9 Å². The number of rotatable bonds is 6. The summed E-state index contributed by atoms with van der Waals surface area (Å²) in [5.41, 5.74) is -0.0599. The zero-order valence-electron chi connectivity index (χ0n) is 19.7. The Morgan fingerprint density at radius 3 is 2.47 bits per heavy atom. The molecule has 36 heavy (non-hydrogen) atoms. The molecule has 1 fully saturated rings. The first-order valence-electron chi connectivity index (χ1n) is 10.9. The highest BCUT2D eigenvalue weighted by atomic mass is 32.2. The van der Waals surface area contributed by atoms with E-state index in [1.807, 2.05) is 0 Å². The van der Waals surface area contributed by atoms with Gasteiger partial charge in [0.15, 0.2) is 9.84 Å². The van der Waals surface area contributed by atoms with Crippen molar-refractivity contribution in [3.63, 3.8) is 0 Å². The molecule has 0 radical (unpaired) electrons. The number of alkyl halides is 3. The molecule has 0 spiro atoms. The van der Waals surface area contributed by atoms with Gasteiger partial charge in [-0.2, -0.15) is 18.3 Å². The molecule has 192 valence electrons. The van der Waals surface area contributed by atoms with Gasteiger partial charge in [-0.15, -0.1) is 0 Å². The number of ether oxygens (including phenoxy) is 2. The fraction of sp³-hybridized carbons (Fsp3) is 0.333. The van der Waals surface area contributed by atoms with Crippen molar-refractivity contribution in [3.8, 4) is 11.4 Å². The monoisotopic (exact) mass is 523 g/mol. The standard InChI is InChI=1S/C24H24F3N3O5S/c1-15-11-22(30(28-15)16-7-6-8-17(12-16)34-2)29-14-18(13-20(29)23(31)35-3)36(32,33)21-10-5-4-9-19(21)24(25,26)27/h4-12,18,20H,13-14H2,1-3H3/t18-,20-/m1/s1. The Hall–Kier alpha value is -3.54. The number of aromatic nitrogens is 2. The number of nitrogens with zero attached hydrogens (tertiary/aromatic N) is 3. The van der Waals surface area contributed by atoms with E-state index in [1.54, 1.807) is 37.3 Å². The predicted octanol–water partition coefficient (Wildman–Crippen LogP) is 3.80. The molecule has 1 aromatic heterocycles.